The number of aliphatic carboxylic acids is 1. The van der Waals surface area contributed by atoms with Crippen molar-refractivity contribution in [2.75, 3.05) is 13.1 Å². The summed E-state index contributed by atoms with van der Waals surface area (Å²) < 4.78 is 26.3. The van der Waals surface area contributed by atoms with E-state index >= 15 is 0 Å². The summed E-state index contributed by atoms with van der Waals surface area (Å²) >= 11 is 0. The molecule has 2 rings (SSSR count). The SMILES string of the molecule is CC(C)C1(C(=O)O)CCN(S(=O)(=O)Cc2ccccc2)C1. The second kappa shape index (κ2) is 5.77. The minimum absolute atomic E-state index is 0.0646. The van der Waals surface area contributed by atoms with Crippen molar-refractivity contribution in [1.29, 1.82) is 0 Å². The smallest absolute Gasteiger partial charge is 0.311 e. The normalized spacial score (nSPS) is 23.6. The average Bonchev–Trinajstić information content (AvgIpc) is 2.86. The molecule has 1 aliphatic rings. The number of hydrogen-bond acceptors (Lipinski definition) is 3. The van der Waals surface area contributed by atoms with Gasteiger partial charge in [0.05, 0.1) is 11.2 Å². The van der Waals surface area contributed by atoms with Crippen molar-refractivity contribution in [3.05, 3.63) is 35.9 Å². The van der Waals surface area contributed by atoms with Gasteiger partial charge in [0, 0.05) is 13.1 Å². The van der Waals surface area contributed by atoms with Gasteiger partial charge in [-0.05, 0) is 17.9 Å². The van der Waals surface area contributed by atoms with Crippen LogP contribution in [-0.2, 0) is 20.6 Å². The third-order valence-electron chi connectivity index (χ3n) is 4.38. The van der Waals surface area contributed by atoms with E-state index in [9.17, 15) is 18.3 Å². The minimum atomic E-state index is -3.48. The van der Waals surface area contributed by atoms with Gasteiger partial charge in [0.25, 0.3) is 0 Å². The van der Waals surface area contributed by atoms with Crippen molar-refractivity contribution >= 4 is 16.0 Å². The summed E-state index contributed by atoms with van der Waals surface area (Å²) in [7, 11) is -3.48. The van der Waals surface area contributed by atoms with Gasteiger partial charge in [-0.1, -0.05) is 44.2 Å². The Morgan fingerprint density at radius 3 is 2.43 bits per heavy atom. The van der Waals surface area contributed by atoms with Crippen LogP contribution < -0.4 is 0 Å². The van der Waals surface area contributed by atoms with Crippen molar-refractivity contribution in [2.45, 2.75) is 26.0 Å². The molecule has 0 bridgehead atoms. The van der Waals surface area contributed by atoms with Crippen LogP contribution in [0, 0.1) is 11.3 Å². The molecule has 1 atom stereocenters. The van der Waals surface area contributed by atoms with E-state index < -0.39 is 21.4 Å². The maximum Gasteiger partial charge on any atom is 0.311 e. The second-order valence-corrected chi connectivity index (χ2v) is 7.91. The van der Waals surface area contributed by atoms with Crippen molar-refractivity contribution in [1.82, 2.24) is 4.31 Å². The van der Waals surface area contributed by atoms with Gasteiger partial charge in [0.2, 0.25) is 10.0 Å². The standard InChI is InChI=1S/C15H21NO4S/c1-12(2)15(14(17)18)8-9-16(11-15)21(19,20)10-13-6-4-3-5-7-13/h3-7,12H,8-11H2,1-2H3,(H,17,18). The molecule has 0 aliphatic carbocycles. The van der Waals surface area contributed by atoms with E-state index in [1.165, 1.54) is 4.31 Å². The van der Waals surface area contributed by atoms with Crippen molar-refractivity contribution in [2.24, 2.45) is 11.3 Å². The van der Waals surface area contributed by atoms with Crippen LogP contribution in [0.3, 0.4) is 0 Å². The number of sulfonamides is 1. The van der Waals surface area contributed by atoms with Crippen LogP contribution in [0.1, 0.15) is 25.8 Å². The third-order valence-corrected chi connectivity index (χ3v) is 6.18. The Kier molecular flexibility index (Phi) is 4.39. The van der Waals surface area contributed by atoms with Gasteiger partial charge in [0.1, 0.15) is 0 Å². The van der Waals surface area contributed by atoms with Gasteiger partial charge in [-0.15, -0.1) is 0 Å². The summed E-state index contributed by atoms with van der Waals surface area (Å²) in [5, 5.41) is 9.49. The highest BCUT2D eigenvalue weighted by atomic mass is 32.2. The molecule has 5 nitrogen and oxygen atoms in total. The number of hydrogen-bond donors (Lipinski definition) is 1. The summed E-state index contributed by atoms with van der Waals surface area (Å²) in [5.74, 6) is -1.09. The van der Waals surface area contributed by atoms with E-state index in [-0.39, 0.29) is 24.8 Å². The molecule has 116 valence electrons. The predicted molar refractivity (Wildman–Crippen MR) is 80.2 cm³/mol. The van der Waals surface area contributed by atoms with E-state index in [1.54, 1.807) is 24.3 Å². The molecule has 1 aromatic carbocycles. The molecule has 1 heterocycles. The first-order chi connectivity index (χ1) is 9.78. The maximum absolute atomic E-state index is 12.5. The molecule has 0 saturated carbocycles. The number of carbonyl (C=O) groups is 1. The molecule has 1 aromatic rings. The lowest BCUT2D eigenvalue weighted by molar-refractivity contribution is -0.150. The molecule has 1 aliphatic heterocycles. The Morgan fingerprint density at radius 1 is 1.33 bits per heavy atom. The van der Waals surface area contributed by atoms with Gasteiger partial charge in [-0.25, -0.2) is 12.7 Å². The van der Waals surface area contributed by atoms with Gasteiger partial charge in [-0.3, -0.25) is 4.79 Å². The van der Waals surface area contributed by atoms with Crippen molar-refractivity contribution in [3.8, 4) is 0 Å². The van der Waals surface area contributed by atoms with Crippen LogP contribution in [0.15, 0.2) is 30.3 Å². The zero-order valence-corrected chi connectivity index (χ0v) is 13.1. The fourth-order valence-corrected chi connectivity index (χ4v) is 4.40. The van der Waals surface area contributed by atoms with E-state index in [2.05, 4.69) is 0 Å². The molecule has 0 aromatic heterocycles. The highest BCUT2D eigenvalue weighted by molar-refractivity contribution is 7.88. The Labute approximate surface area is 125 Å². The average molecular weight is 311 g/mol. The summed E-state index contributed by atoms with van der Waals surface area (Å²) in [6, 6.07) is 8.95. The molecule has 1 unspecified atom stereocenters. The molecule has 0 radical (unpaired) electrons. The molecular formula is C15H21NO4S. The third kappa shape index (κ3) is 3.11. The number of nitrogens with zero attached hydrogens (tertiary/aromatic N) is 1. The van der Waals surface area contributed by atoms with E-state index in [0.29, 0.717) is 6.42 Å². The summed E-state index contributed by atoms with van der Waals surface area (Å²) in [4.78, 5) is 11.6. The van der Waals surface area contributed by atoms with Gasteiger partial charge in [-0.2, -0.15) is 0 Å². The van der Waals surface area contributed by atoms with Crippen LogP contribution in [0.25, 0.3) is 0 Å². The number of carboxylic acids is 1. The maximum atomic E-state index is 12.5. The molecular weight excluding hydrogens is 290 g/mol. The number of benzene rings is 1. The van der Waals surface area contributed by atoms with Crippen molar-refractivity contribution in [3.63, 3.8) is 0 Å². The Morgan fingerprint density at radius 2 is 1.95 bits per heavy atom. The second-order valence-electron chi connectivity index (χ2n) is 5.94. The zero-order valence-electron chi connectivity index (χ0n) is 12.3. The molecule has 0 spiro atoms. The van der Waals surface area contributed by atoms with Crippen LogP contribution in [0.2, 0.25) is 0 Å². The van der Waals surface area contributed by atoms with Gasteiger partial charge >= 0.3 is 5.97 Å². The Bertz CT molecular complexity index is 612. The highest BCUT2D eigenvalue weighted by Gasteiger charge is 2.49. The van der Waals surface area contributed by atoms with E-state index in [0.717, 1.165) is 5.56 Å². The van der Waals surface area contributed by atoms with Crippen molar-refractivity contribution < 1.29 is 18.3 Å². The Hall–Kier alpha value is -1.40. The topological polar surface area (TPSA) is 74.7 Å². The molecule has 21 heavy (non-hydrogen) atoms. The first-order valence-corrected chi connectivity index (χ1v) is 8.64. The first-order valence-electron chi connectivity index (χ1n) is 7.03. The molecule has 6 heteroatoms. The molecule has 1 fully saturated rings. The zero-order chi connectivity index (χ0) is 15.7. The molecule has 1 N–H and O–H groups in total. The fourth-order valence-electron chi connectivity index (χ4n) is 2.80. The summed E-state index contributed by atoms with van der Waals surface area (Å²) in [6.07, 6.45) is 0.369. The lowest BCUT2D eigenvalue weighted by Crippen LogP contribution is -2.40. The fraction of sp³-hybridized carbons (Fsp3) is 0.533. The Balaban J connectivity index is 2.18. The lowest BCUT2D eigenvalue weighted by atomic mass is 9.77. The predicted octanol–water partition coefficient (Wildman–Crippen LogP) is 1.95. The monoisotopic (exact) mass is 311 g/mol. The van der Waals surface area contributed by atoms with E-state index in [1.807, 2.05) is 19.9 Å². The minimum Gasteiger partial charge on any atom is -0.481 e. The van der Waals surface area contributed by atoms with Crippen LogP contribution in [-0.4, -0.2) is 36.9 Å². The number of rotatable bonds is 5. The molecule has 0 amide bonds. The summed E-state index contributed by atoms with van der Waals surface area (Å²) in [5.41, 5.74) is -0.251. The summed E-state index contributed by atoms with van der Waals surface area (Å²) in [6.45, 7) is 4.01. The lowest BCUT2D eigenvalue weighted by Gasteiger charge is -2.28. The van der Waals surface area contributed by atoms with E-state index in [4.69, 9.17) is 0 Å². The highest BCUT2D eigenvalue weighted by Crippen LogP contribution is 2.39. The van der Waals surface area contributed by atoms with Gasteiger partial charge in [0.15, 0.2) is 0 Å². The van der Waals surface area contributed by atoms with Crippen LogP contribution in [0.4, 0.5) is 0 Å². The van der Waals surface area contributed by atoms with Gasteiger partial charge < -0.3 is 5.11 Å². The quantitative estimate of drug-likeness (QED) is 0.902. The number of carboxylic acid groups (broad SMARTS) is 1. The molecule has 1 saturated heterocycles. The largest absolute Gasteiger partial charge is 0.481 e. The van der Waals surface area contributed by atoms with Crippen LogP contribution in [0.5, 0.6) is 0 Å². The first kappa shape index (κ1) is 16.0. The van der Waals surface area contributed by atoms with Crippen LogP contribution >= 0.6 is 0 Å².